The topological polar surface area (TPSA) is 76.2 Å². The maximum absolute atomic E-state index is 13.1. The first-order valence-electron chi connectivity index (χ1n) is 7.95. The highest BCUT2D eigenvalue weighted by Gasteiger charge is 2.57. The number of rotatable bonds is 3. The van der Waals surface area contributed by atoms with Crippen LogP contribution >= 0.6 is 11.6 Å². The van der Waals surface area contributed by atoms with Crippen molar-refractivity contribution in [3.63, 3.8) is 0 Å². The zero-order valence-electron chi connectivity index (χ0n) is 14.3. The van der Waals surface area contributed by atoms with Gasteiger partial charge in [0.25, 0.3) is 5.91 Å². The number of ether oxygens (including phenoxy) is 2. The lowest BCUT2D eigenvalue weighted by atomic mass is 9.96. The van der Waals surface area contributed by atoms with Crippen LogP contribution in [0.3, 0.4) is 0 Å². The van der Waals surface area contributed by atoms with E-state index in [1.54, 1.807) is 7.05 Å². The van der Waals surface area contributed by atoms with E-state index >= 15 is 0 Å². The molecule has 1 heterocycles. The average Bonchev–Trinajstić information content (AvgIpc) is 3.17. The Hall–Kier alpha value is -2.28. The summed E-state index contributed by atoms with van der Waals surface area (Å²) in [4.78, 5) is 40.2. The molecule has 25 heavy (non-hydrogen) atoms. The molecule has 0 atom stereocenters. The summed E-state index contributed by atoms with van der Waals surface area (Å²) in [6, 6.07) is 2.34. The van der Waals surface area contributed by atoms with Gasteiger partial charge < -0.3 is 14.4 Å². The summed E-state index contributed by atoms with van der Waals surface area (Å²) in [5, 5.41) is 0.103. The van der Waals surface area contributed by atoms with Crippen LogP contribution in [0, 0.1) is 0 Å². The van der Waals surface area contributed by atoms with E-state index < -0.39 is 17.5 Å². The molecule has 1 saturated heterocycles. The Balaban J connectivity index is 2.09. The number of amides is 3. The second kappa shape index (κ2) is 6.22. The number of imide groups is 1. The van der Waals surface area contributed by atoms with Crippen LogP contribution in [0.5, 0.6) is 5.75 Å². The number of carbonyl (C=O) groups is 3. The first-order valence-corrected chi connectivity index (χ1v) is 8.33. The Morgan fingerprint density at radius 3 is 2.40 bits per heavy atom. The largest absolute Gasteiger partial charge is 0.496 e. The number of urea groups is 1. The van der Waals surface area contributed by atoms with Gasteiger partial charge >= 0.3 is 12.0 Å². The van der Waals surface area contributed by atoms with Crippen molar-refractivity contribution in [2.24, 2.45) is 0 Å². The molecule has 7 nitrogen and oxygen atoms in total. The second-order valence-electron chi connectivity index (χ2n) is 6.22. The van der Waals surface area contributed by atoms with E-state index in [9.17, 15) is 14.4 Å². The normalized spacial score (nSPS) is 19.0. The lowest BCUT2D eigenvalue weighted by Gasteiger charge is -2.27. The van der Waals surface area contributed by atoms with Gasteiger partial charge in [-0.3, -0.25) is 4.79 Å². The van der Waals surface area contributed by atoms with Gasteiger partial charge in [-0.15, -0.1) is 0 Å². The number of methoxy groups -OCH3 is 2. The fourth-order valence-corrected chi connectivity index (χ4v) is 3.89. The van der Waals surface area contributed by atoms with Crippen molar-refractivity contribution in [3.8, 4) is 5.75 Å². The van der Waals surface area contributed by atoms with E-state index in [4.69, 9.17) is 21.1 Å². The molecule has 1 aliphatic heterocycles. The zero-order valence-corrected chi connectivity index (χ0v) is 15.1. The van der Waals surface area contributed by atoms with Crippen molar-refractivity contribution in [2.75, 3.05) is 26.2 Å². The monoisotopic (exact) mass is 366 g/mol. The number of hydrogen-bond acceptors (Lipinski definition) is 5. The molecule has 1 aromatic carbocycles. The van der Waals surface area contributed by atoms with Crippen LogP contribution in [0.15, 0.2) is 12.1 Å². The maximum atomic E-state index is 13.1. The minimum Gasteiger partial charge on any atom is -0.496 e. The molecule has 3 amide bonds. The highest BCUT2D eigenvalue weighted by Crippen LogP contribution is 2.44. The summed E-state index contributed by atoms with van der Waals surface area (Å²) >= 11 is 6.28. The zero-order chi connectivity index (χ0) is 18.4. The minimum absolute atomic E-state index is 0.103. The van der Waals surface area contributed by atoms with Crippen molar-refractivity contribution in [1.29, 1.82) is 0 Å². The molecule has 1 aromatic rings. The minimum atomic E-state index is -0.797. The lowest BCUT2D eigenvalue weighted by molar-refractivity contribution is -0.124. The third-order valence-electron chi connectivity index (χ3n) is 5.07. The SMILES string of the molecule is COC(=O)c1cc(Cl)c(N2C(=O)N(C)C3(CCCC3)C2=O)cc1OC. The van der Waals surface area contributed by atoms with Crippen LogP contribution < -0.4 is 9.64 Å². The Morgan fingerprint density at radius 2 is 1.84 bits per heavy atom. The van der Waals surface area contributed by atoms with E-state index in [2.05, 4.69) is 0 Å². The van der Waals surface area contributed by atoms with Gasteiger partial charge in [0, 0.05) is 13.1 Å². The van der Waals surface area contributed by atoms with Crippen molar-refractivity contribution >= 4 is 35.2 Å². The first-order chi connectivity index (χ1) is 11.9. The predicted octanol–water partition coefficient (Wildman–Crippen LogP) is 2.85. The van der Waals surface area contributed by atoms with Gasteiger partial charge in [0.15, 0.2) is 0 Å². The van der Waals surface area contributed by atoms with Gasteiger partial charge in [-0.05, 0) is 18.9 Å². The number of hydrogen-bond donors (Lipinski definition) is 0. The summed E-state index contributed by atoms with van der Waals surface area (Å²) in [5.41, 5.74) is -0.465. The molecular weight excluding hydrogens is 348 g/mol. The van der Waals surface area contributed by atoms with Crippen LogP contribution in [-0.2, 0) is 9.53 Å². The van der Waals surface area contributed by atoms with Crippen LogP contribution in [0.25, 0.3) is 0 Å². The second-order valence-corrected chi connectivity index (χ2v) is 6.62. The van der Waals surface area contributed by atoms with Gasteiger partial charge in [-0.1, -0.05) is 24.4 Å². The third-order valence-corrected chi connectivity index (χ3v) is 5.37. The fourth-order valence-electron chi connectivity index (χ4n) is 3.65. The van der Waals surface area contributed by atoms with Crippen molar-refractivity contribution in [3.05, 3.63) is 22.7 Å². The van der Waals surface area contributed by atoms with E-state index in [0.29, 0.717) is 12.8 Å². The number of nitrogens with zero attached hydrogens (tertiary/aromatic N) is 2. The molecule has 1 saturated carbocycles. The Labute approximate surface area is 150 Å². The molecule has 134 valence electrons. The summed E-state index contributed by atoms with van der Waals surface area (Å²) in [6.45, 7) is 0. The van der Waals surface area contributed by atoms with Crippen molar-refractivity contribution in [1.82, 2.24) is 4.90 Å². The highest BCUT2D eigenvalue weighted by atomic mass is 35.5. The van der Waals surface area contributed by atoms with E-state index in [1.807, 2.05) is 0 Å². The van der Waals surface area contributed by atoms with Crippen molar-refractivity contribution < 1.29 is 23.9 Å². The van der Waals surface area contributed by atoms with Crippen LogP contribution in [0.1, 0.15) is 36.0 Å². The Morgan fingerprint density at radius 1 is 1.20 bits per heavy atom. The molecule has 8 heteroatoms. The molecule has 0 radical (unpaired) electrons. The Kier molecular flexibility index (Phi) is 4.36. The van der Waals surface area contributed by atoms with Crippen molar-refractivity contribution in [2.45, 2.75) is 31.2 Å². The third kappa shape index (κ3) is 2.45. The van der Waals surface area contributed by atoms with Gasteiger partial charge in [-0.25, -0.2) is 14.5 Å². The summed E-state index contributed by atoms with van der Waals surface area (Å²) in [7, 11) is 4.27. The predicted molar refractivity (Wildman–Crippen MR) is 91.2 cm³/mol. The number of benzene rings is 1. The first kappa shape index (κ1) is 17.5. The molecule has 0 unspecified atom stereocenters. The molecule has 0 bridgehead atoms. The molecular formula is C17H19ClN2O5. The molecule has 2 fully saturated rings. The van der Waals surface area contributed by atoms with Gasteiger partial charge in [0.1, 0.15) is 16.9 Å². The number of esters is 1. The quantitative estimate of drug-likeness (QED) is 0.607. The smallest absolute Gasteiger partial charge is 0.341 e. The van der Waals surface area contributed by atoms with Crippen LogP contribution in [0.4, 0.5) is 10.5 Å². The average molecular weight is 367 g/mol. The van der Waals surface area contributed by atoms with Crippen LogP contribution in [-0.4, -0.2) is 49.6 Å². The molecule has 2 aliphatic rings. The van der Waals surface area contributed by atoms with Gasteiger partial charge in [0.2, 0.25) is 0 Å². The molecule has 0 aromatic heterocycles. The van der Waals surface area contributed by atoms with E-state index in [0.717, 1.165) is 17.7 Å². The van der Waals surface area contributed by atoms with Crippen LogP contribution in [0.2, 0.25) is 5.02 Å². The highest BCUT2D eigenvalue weighted by molar-refractivity contribution is 6.36. The fraction of sp³-hybridized carbons (Fsp3) is 0.471. The summed E-state index contributed by atoms with van der Waals surface area (Å²) in [5.74, 6) is -0.720. The molecule has 1 aliphatic carbocycles. The number of likely N-dealkylation sites (N-methyl/N-ethyl adjacent to an activating group) is 1. The standard InChI is InChI=1S/C17H19ClN2O5/c1-19-16(23)20(15(22)17(19)6-4-5-7-17)12-9-13(24-2)10(8-11(12)18)14(21)25-3/h8-9H,4-7H2,1-3H3. The summed E-state index contributed by atoms with van der Waals surface area (Å²) < 4.78 is 9.92. The van der Waals surface area contributed by atoms with E-state index in [1.165, 1.54) is 31.3 Å². The number of carbonyl (C=O) groups excluding carboxylic acids is 3. The Bertz CT molecular complexity index is 758. The maximum Gasteiger partial charge on any atom is 0.341 e. The lowest BCUT2D eigenvalue weighted by Crippen LogP contribution is -2.45. The molecule has 0 N–H and O–H groups in total. The van der Waals surface area contributed by atoms with Gasteiger partial charge in [-0.2, -0.15) is 0 Å². The number of anilines is 1. The van der Waals surface area contributed by atoms with Gasteiger partial charge in [0.05, 0.1) is 24.9 Å². The van der Waals surface area contributed by atoms with E-state index in [-0.39, 0.29) is 27.9 Å². The summed E-state index contributed by atoms with van der Waals surface area (Å²) in [6.07, 6.45) is 3.07. The molecule has 3 rings (SSSR count). The number of halogens is 1. The molecule has 1 spiro atoms.